The maximum absolute atomic E-state index is 12.1. The molecule has 0 fully saturated rings. The first-order chi connectivity index (χ1) is 12.8. The maximum atomic E-state index is 12.1. The fourth-order valence-electron chi connectivity index (χ4n) is 2.78. The number of hydrogen-bond donors (Lipinski definition) is 1. The van der Waals surface area contributed by atoms with Crippen LogP contribution < -0.4 is 10.5 Å². The van der Waals surface area contributed by atoms with Gasteiger partial charge in [0.1, 0.15) is 5.75 Å². The monoisotopic (exact) mass is 360 g/mol. The molecule has 26 heavy (non-hydrogen) atoms. The fraction of sp³-hybridized carbons (Fsp3) is 0.636. The third-order valence-corrected chi connectivity index (χ3v) is 4.35. The van der Waals surface area contributed by atoms with Gasteiger partial charge in [0.15, 0.2) is 0 Å². The van der Waals surface area contributed by atoms with E-state index < -0.39 is 0 Å². The van der Waals surface area contributed by atoms with Gasteiger partial charge < -0.3 is 10.5 Å². The van der Waals surface area contributed by atoms with E-state index in [4.69, 9.17) is 10.5 Å². The summed E-state index contributed by atoms with van der Waals surface area (Å²) in [5, 5.41) is 0. The van der Waals surface area contributed by atoms with Crippen LogP contribution in [0.5, 0.6) is 5.75 Å². The van der Waals surface area contributed by atoms with Gasteiger partial charge in [0.25, 0.3) is 0 Å². The lowest BCUT2D eigenvalue weighted by atomic mass is 10.1. The number of ether oxygens (including phenoxy) is 1. The summed E-state index contributed by atoms with van der Waals surface area (Å²) in [7, 11) is 0. The highest BCUT2D eigenvalue weighted by atomic mass is 16.5. The molecule has 0 saturated carbocycles. The van der Waals surface area contributed by atoms with E-state index in [2.05, 4.69) is 11.9 Å². The lowest BCUT2D eigenvalue weighted by molar-refractivity contribution is -0.134. The minimum Gasteiger partial charge on any atom is -0.426 e. The van der Waals surface area contributed by atoms with E-state index in [9.17, 15) is 4.79 Å². The Morgan fingerprint density at radius 3 is 2.35 bits per heavy atom. The van der Waals surface area contributed by atoms with Crippen molar-refractivity contribution in [1.82, 2.24) is 0 Å². The molecule has 0 aromatic heterocycles. The van der Waals surface area contributed by atoms with Gasteiger partial charge in [-0.05, 0) is 31.5 Å². The standard InChI is InChI=1S/C22H36N2O2/c1-2-3-4-5-6-7-8-9-10-16-22(25)26-21-15-12-11-14-20(21)19-24-18-13-17-23/h11-12,14-15,19H,2-10,13,16-18,23H2,1H3. The fourth-order valence-corrected chi connectivity index (χ4v) is 2.78. The van der Waals surface area contributed by atoms with Crippen LogP contribution in [0.4, 0.5) is 0 Å². The molecule has 0 saturated heterocycles. The van der Waals surface area contributed by atoms with Gasteiger partial charge in [-0.2, -0.15) is 0 Å². The molecule has 0 unspecified atom stereocenters. The second-order valence-corrected chi connectivity index (χ2v) is 6.77. The summed E-state index contributed by atoms with van der Waals surface area (Å²) in [5.41, 5.74) is 6.30. The Hall–Kier alpha value is -1.68. The molecule has 0 bridgehead atoms. The van der Waals surface area contributed by atoms with Crippen molar-refractivity contribution in [3.63, 3.8) is 0 Å². The largest absolute Gasteiger partial charge is 0.426 e. The van der Waals surface area contributed by atoms with Crippen molar-refractivity contribution in [2.24, 2.45) is 10.7 Å². The van der Waals surface area contributed by atoms with Crippen molar-refractivity contribution in [3.05, 3.63) is 29.8 Å². The average molecular weight is 361 g/mol. The molecule has 146 valence electrons. The van der Waals surface area contributed by atoms with Gasteiger partial charge in [-0.1, -0.05) is 70.4 Å². The van der Waals surface area contributed by atoms with E-state index >= 15 is 0 Å². The van der Waals surface area contributed by atoms with Crippen molar-refractivity contribution in [3.8, 4) is 5.75 Å². The molecule has 4 nitrogen and oxygen atoms in total. The Morgan fingerprint density at radius 2 is 1.65 bits per heavy atom. The molecule has 0 aliphatic heterocycles. The quantitative estimate of drug-likeness (QED) is 0.200. The van der Waals surface area contributed by atoms with E-state index in [1.165, 1.54) is 44.9 Å². The summed E-state index contributed by atoms with van der Waals surface area (Å²) in [6.45, 7) is 3.57. The van der Waals surface area contributed by atoms with E-state index in [1.54, 1.807) is 6.21 Å². The van der Waals surface area contributed by atoms with Crippen LogP contribution in [0.3, 0.4) is 0 Å². The van der Waals surface area contributed by atoms with Crippen LogP contribution in [0, 0.1) is 0 Å². The van der Waals surface area contributed by atoms with Crippen LogP contribution in [0.15, 0.2) is 29.3 Å². The number of carbonyl (C=O) groups excluding carboxylic acids is 1. The smallest absolute Gasteiger partial charge is 0.311 e. The van der Waals surface area contributed by atoms with Crippen LogP contribution >= 0.6 is 0 Å². The number of rotatable bonds is 15. The first kappa shape index (κ1) is 22.4. The normalized spacial score (nSPS) is 11.2. The molecular formula is C22H36N2O2. The maximum Gasteiger partial charge on any atom is 0.311 e. The molecule has 0 radical (unpaired) electrons. The Kier molecular flexibility index (Phi) is 13.4. The number of esters is 1. The third kappa shape index (κ3) is 11.0. The molecule has 1 aromatic carbocycles. The SMILES string of the molecule is CCCCCCCCCCCC(=O)Oc1ccccc1C=NCCCN. The molecule has 0 atom stereocenters. The van der Waals surface area contributed by atoms with Gasteiger partial charge in [0.05, 0.1) is 0 Å². The number of nitrogens with two attached hydrogens (primary N) is 1. The summed E-state index contributed by atoms with van der Waals surface area (Å²) in [5.74, 6) is 0.431. The molecular weight excluding hydrogens is 324 g/mol. The highest BCUT2D eigenvalue weighted by Gasteiger charge is 2.07. The lowest BCUT2D eigenvalue weighted by Crippen LogP contribution is -2.09. The zero-order chi connectivity index (χ0) is 18.9. The molecule has 4 heteroatoms. The van der Waals surface area contributed by atoms with Gasteiger partial charge in [-0.15, -0.1) is 0 Å². The molecule has 0 aliphatic rings. The van der Waals surface area contributed by atoms with Gasteiger partial charge in [-0.25, -0.2) is 0 Å². The van der Waals surface area contributed by atoms with Crippen molar-refractivity contribution >= 4 is 12.2 Å². The molecule has 0 aliphatic carbocycles. The predicted octanol–water partition coefficient (Wildman–Crippen LogP) is 5.28. The Balaban J connectivity index is 2.21. The topological polar surface area (TPSA) is 64.7 Å². The number of para-hydroxylation sites is 1. The van der Waals surface area contributed by atoms with Gasteiger partial charge in [0, 0.05) is 24.7 Å². The van der Waals surface area contributed by atoms with Gasteiger partial charge in [0.2, 0.25) is 0 Å². The van der Waals surface area contributed by atoms with Crippen LogP contribution in [0.1, 0.15) is 83.1 Å². The summed E-state index contributed by atoms with van der Waals surface area (Å²) >= 11 is 0. The van der Waals surface area contributed by atoms with Gasteiger partial charge >= 0.3 is 5.97 Å². The number of carbonyl (C=O) groups is 1. The molecule has 0 spiro atoms. The molecule has 0 heterocycles. The minimum absolute atomic E-state index is 0.157. The number of hydrogen-bond acceptors (Lipinski definition) is 4. The molecule has 2 N–H and O–H groups in total. The van der Waals surface area contributed by atoms with Crippen LogP contribution in [0.2, 0.25) is 0 Å². The van der Waals surface area contributed by atoms with E-state index in [0.717, 1.165) is 24.8 Å². The van der Waals surface area contributed by atoms with Crippen LogP contribution in [0.25, 0.3) is 0 Å². The number of benzene rings is 1. The van der Waals surface area contributed by atoms with Crippen molar-refractivity contribution in [1.29, 1.82) is 0 Å². The summed E-state index contributed by atoms with van der Waals surface area (Å²) < 4.78 is 5.52. The van der Waals surface area contributed by atoms with E-state index in [0.29, 0.717) is 25.3 Å². The molecule has 0 amide bonds. The summed E-state index contributed by atoms with van der Waals surface area (Å²) in [6.07, 6.45) is 14.3. The number of nitrogens with zero attached hydrogens (tertiary/aromatic N) is 1. The number of aliphatic imine (C=N–C) groups is 1. The highest BCUT2D eigenvalue weighted by molar-refractivity contribution is 5.85. The Morgan fingerprint density at radius 1 is 1.00 bits per heavy atom. The zero-order valence-corrected chi connectivity index (χ0v) is 16.4. The van der Waals surface area contributed by atoms with E-state index in [1.807, 2.05) is 24.3 Å². The minimum atomic E-state index is -0.157. The third-order valence-electron chi connectivity index (χ3n) is 4.35. The number of unbranched alkanes of at least 4 members (excludes halogenated alkanes) is 8. The summed E-state index contributed by atoms with van der Waals surface area (Å²) in [6, 6.07) is 7.52. The second-order valence-electron chi connectivity index (χ2n) is 6.77. The van der Waals surface area contributed by atoms with Crippen molar-refractivity contribution in [2.75, 3.05) is 13.1 Å². The molecule has 1 aromatic rings. The van der Waals surface area contributed by atoms with Crippen molar-refractivity contribution in [2.45, 2.75) is 77.6 Å². The van der Waals surface area contributed by atoms with Crippen LogP contribution in [-0.2, 0) is 4.79 Å². The first-order valence-corrected chi connectivity index (χ1v) is 10.3. The highest BCUT2D eigenvalue weighted by Crippen LogP contribution is 2.17. The Bertz CT molecular complexity index is 515. The van der Waals surface area contributed by atoms with Crippen LogP contribution in [-0.4, -0.2) is 25.3 Å². The van der Waals surface area contributed by atoms with Crippen molar-refractivity contribution < 1.29 is 9.53 Å². The lowest BCUT2D eigenvalue weighted by Gasteiger charge is -2.07. The predicted molar refractivity (Wildman–Crippen MR) is 110 cm³/mol. The van der Waals surface area contributed by atoms with Gasteiger partial charge in [-0.3, -0.25) is 9.79 Å². The van der Waals surface area contributed by atoms with E-state index in [-0.39, 0.29) is 5.97 Å². The average Bonchev–Trinajstić information content (AvgIpc) is 2.65. The summed E-state index contributed by atoms with van der Waals surface area (Å²) in [4.78, 5) is 16.4. The molecule has 1 rings (SSSR count). The zero-order valence-electron chi connectivity index (χ0n) is 16.4. The first-order valence-electron chi connectivity index (χ1n) is 10.3. The Labute approximate surface area is 159 Å². The second kappa shape index (κ2) is 15.6.